The monoisotopic (exact) mass is 252 g/mol. The molecular formula is C15H16N4. The van der Waals surface area contributed by atoms with E-state index in [9.17, 15) is 0 Å². The summed E-state index contributed by atoms with van der Waals surface area (Å²) in [6.07, 6.45) is 3.59. The molecule has 3 rings (SSSR count). The van der Waals surface area contributed by atoms with Crippen LogP contribution in [-0.2, 0) is 0 Å². The summed E-state index contributed by atoms with van der Waals surface area (Å²) in [4.78, 5) is 8.49. The Morgan fingerprint density at radius 2 is 1.89 bits per heavy atom. The van der Waals surface area contributed by atoms with Gasteiger partial charge in [-0.15, -0.1) is 0 Å². The molecule has 0 aliphatic rings. The molecule has 0 bridgehead atoms. The van der Waals surface area contributed by atoms with Gasteiger partial charge in [0.05, 0.1) is 17.1 Å². The number of fused-ring (bicyclic) bond motifs is 1. The maximum Gasteiger partial charge on any atom is 0.201 e. The topological polar surface area (TPSA) is 56.7 Å². The Morgan fingerprint density at radius 3 is 2.63 bits per heavy atom. The molecule has 0 saturated heterocycles. The van der Waals surface area contributed by atoms with Gasteiger partial charge < -0.3 is 10.3 Å². The highest BCUT2D eigenvalue weighted by molar-refractivity contribution is 5.79. The standard InChI is InChI=1S/C15H16N4/c1-10-3-4-14-13(9-10)18-15(16)19(14)11(2)12-5-7-17-8-6-12/h3-9,11H,1-2H3,(H2,16,18). The number of hydrogen-bond acceptors (Lipinski definition) is 3. The van der Waals surface area contributed by atoms with Gasteiger partial charge in [-0.2, -0.15) is 0 Å². The van der Waals surface area contributed by atoms with Crippen molar-refractivity contribution >= 4 is 17.0 Å². The maximum atomic E-state index is 6.08. The van der Waals surface area contributed by atoms with E-state index in [0.717, 1.165) is 11.0 Å². The van der Waals surface area contributed by atoms with Crippen LogP contribution >= 0.6 is 0 Å². The Balaban J connectivity index is 2.17. The van der Waals surface area contributed by atoms with Crippen molar-refractivity contribution in [2.75, 3.05) is 5.73 Å². The molecule has 0 saturated carbocycles. The minimum Gasteiger partial charge on any atom is -0.369 e. The number of nitrogen functional groups attached to an aromatic ring is 1. The molecule has 2 aromatic heterocycles. The Hall–Kier alpha value is -2.36. The van der Waals surface area contributed by atoms with Gasteiger partial charge in [0.15, 0.2) is 0 Å². The van der Waals surface area contributed by atoms with Crippen molar-refractivity contribution in [3.05, 3.63) is 53.9 Å². The van der Waals surface area contributed by atoms with Gasteiger partial charge in [-0.1, -0.05) is 6.07 Å². The normalized spacial score (nSPS) is 12.7. The van der Waals surface area contributed by atoms with Crippen LogP contribution in [0.5, 0.6) is 0 Å². The first kappa shape index (κ1) is 11.7. The number of aromatic nitrogens is 3. The molecule has 2 N–H and O–H groups in total. The van der Waals surface area contributed by atoms with Crippen LogP contribution in [0.15, 0.2) is 42.7 Å². The Kier molecular flexibility index (Phi) is 2.71. The van der Waals surface area contributed by atoms with Crippen LogP contribution in [0.2, 0.25) is 0 Å². The van der Waals surface area contributed by atoms with Gasteiger partial charge in [-0.3, -0.25) is 4.98 Å². The van der Waals surface area contributed by atoms with Crippen LogP contribution in [0, 0.1) is 6.92 Å². The lowest BCUT2D eigenvalue weighted by Crippen LogP contribution is -2.10. The molecule has 0 radical (unpaired) electrons. The number of hydrogen-bond donors (Lipinski definition) is 1. The lowest BCUT2D eigenvalue weighted by molar-refractivity contribution is 0.667. The third kappa shape index (κ3) is 1.95. The van der Waals surface area contributed by atoms with Gasteiger partial charge >= 0.3 is 0 Å². The fourth-order valence-corrected chi connectivity index (χ4v) is 2.43. The molecule has 96 valence electrons. The Bertz CT molecular complexity index is 716. The zero-order valence-electron chi connectivity index (χ0n) is 11.0. The molecule has 0 aliphatic heterocycles. The largest absolute Gasteiger partial charge is 0.369 e. The first-order valence-electron chi connectivity index (χ1n) is 6.31. The van der Waals surface area contributed by atoms with Crippen molar-refractivity contribution in [1.29, 1.82) is 0 Å². The number of imidazole rings is 1. The number of pyridine rings is 1. The molecule has 4 nitrogen and oxygen atoms in total. The third-order valence-electron chi connectivity index (χ3n) is 3.45. The fourth-order valence-electron chi connectivity index (χ4n) is 2.43. The second-order valence-corrected chi connectivity index (χ2v) is 4.79. The first-order valence-corrected chi connectivity index (χ1v) is 6.31. The van der Waals surface area contributed by atoms with E-state index in [1.54, 1.807) is 12.4 Å². The molecule has 1 unspecified atom stereocenters. The molecule has 2 heterocycles. The molecule has 19 heavy (non-hydrogen) atoms. The predicted molar refractivity (Wildman–Crippen MR) is 76.9 cm³/mol. The van der Waals surface area contributed by atoms with Gasteiger partial charge in [0.1, 0.15) is 0 Å². The van der Waals surface area contributed by atoms with Crippen LogP contribution in [0.4, 0.5) is 5.95 Å². The minimum atomic E-state index is 0.135. The van der Waals surface area contributed by atoms with E-state index < -0.39 is 0 Å². The van der Waals surface area contributed by atoms with E-state index in [2.05, 4.69) is 46.6 Å². The molecule has 0 aliphatic carbocycles. The van der Waals surface area contributed by atoms with Crippen molar-refractivity contribution in [3.63, 3.8) is 0 Å². The molecule has 0 fully saturated rings. The molecular weight excluding hydrogens is 236 g/mol. The smallest absolute Gasteiger partial charge is 0.201 e. The van der Waals surface area contributed by atoms with E-state index in [-0.39, 0.29) is 6.04 Å². The molecule has 0 amide bonds. The van der Waals surface area contributed by atoms with Gasteiger partial charge in [0, 0.05) is 12.4 Å². The number of nitrogens with two attached hydrogens (primary N) is 1. The summed E-state index contributed by atoms with van der Waals surface area (Å²) in [6.45, 7) is 4.17. The molecule has 3 aromatic rings. The summed E-state index contributed by atoms with van der Waals surface area (Å²) in [5.41, 5.74) is 10.4. The zero-order chi connectivity index (χ0) is 13.4. The van der Waals surface area contributed by atoms with E-state index in [1.807, 2.05) is 12.1 Å². The lowest BCUT2D eigenvalue weighted by Gasteiger charge is -2.16. The second-order valence-electron chi connectivity index (χ2n) is 4.79. The maximum absolute atomic E-state index is 6.08. The molecule has 4 heteroatoms. The van der Waals surface area contributed by atoms with Gasteiger partial charge in [-0.25, -0.2) is 4.98 Å². The third-order valence-corrected chi connectivity index (χ3v) is 3.45. The molecule has 1 aromatic carbocycles. The van der Waals surface area contributed by atoms with Crippen molar-refractivity contribution in [1.82, 2.24) is 14.5 Å². The van der Waals surface area contributed by atoms with Crippen molar-refractivity contribution < 1.29 is 0 Å². The summed E-state index contributed by atoms with van der Waals surface area (Å²) < 4.78 is 2.06. The highest BCUT2D eigenvalue weighted by atomic mass is 15.2. The number of benzene rings is 1. The van der Waals surface area contributed by atoms with E-state index >= 15 is 0 Å². The van der Waals surface area contributed by atoms with E-state index in [0.29, 0.717) is 5.95 Å². The number of nitrogens with zero attached hydrogens (tertiary/aromatic N) is 3. The van der Waals surface area contributed by atoms with Gasteiger partial charge in [0.25, 0.3) is 0 Å². The Labute approximate surface area is 111 Å². The lowest BCUT2D eigenvalue weighted by atomic mass is 10.1. The Morgan fingerprint density at radius 1 is 1.16 bits per heavy atom. The summed E-state index contributed by atoms with van der Waals surface area (Å²) in [6, 6.07) is 10.4. The van der Waals surface area contributed by atoms with Gasteiger partial charge in [0.2, 0.25) is 5.95 Å². The highest BCUT2D eigenvalue weighted by Crippen LogP contribution is 2.27. The van der Waals surface area contributed by atoms with Crippen molar-refractivity contribution in [2.24, 2.45) is 0 Å². The van der Waals surface area contributed by atoms with Crippen LogP contribution in [0.1, 0.15) is 24.1 Å². The quantitative estimate of drug-likeness (QED) is 0.763. The van der Waals surface area contributed by atoms with E-state index in [1.165, 1.54) is 11.1 Å². The summed E-state index contributed by atoms with van der Waals surface area (Å²) in [5, 5.41) is 0. The van der Waals surface area contributed by atoms with Crippen LogP contribution in [-0.4, -0.2) is 14.5 Å². The van der Waals surface area contributed by atoms with Crippen molar-refractivity contribution in [2.45, 2.75) is 19.9 Å². The molecule has 0 spiro atoms. The van der Waals surface area contributed by atoms with Crippen LogP contribution in [0.3, 0.4) is 0 Å². The van der Waals surface area contributed by atoms with Gasteiger partial charge in [-0.05, 0) is 49.2 Å². The molecule has 1 atom stereocenters. The van der Waals surface area contributed by atoms with E-state index in [4.69, 9.17) is 5.73 Å². The number of anilines is 1. The van der Waals surface area contributed by atoms with Crippen LogP contribution in [0.25, 0.3) is 11.0 Å². The van der Waals surface area contributed by atoms with Crippen LogP contribution < -0.4 is 5.73 Å². The highest BCUT2D eigenvalue weighted by Gasteiger charge is 2.15. The fraction of sp³-hybridized carbons (Fsp3) is 0.200. The minimum absolute atomic E-state index is 0.135. The number of aryl methyl sites for hydroxylation is 1. The average Bonchev–Trinajstić information content (AvgIpc) is 2.74. The zero-order valence-corrected chi connectivity index (χ0v) is 11.0. The first-order chi connectivity index (χ1) is 9.16. The predicted octanol–water partition coefficient (Wildman–Crippen LogP) is 2.93. The summed E-state index contributed by atoms with van der Waals surface area (Å²) >= 11 is 0. The second kappa shape index (κ2) is 4.39. The SMILES string of the molecule is Cc1ccc2c(c1)nc(N)n2C(C)c1ccncc1. The van der Waals surface area contributed by atoms with Crippen molar-refractivity contribution in [3.8, 4) is 0 Å². The summed E-state index contributed by atoms with van der Waals surface area (Å²) in [5.74, 6) is 0.546. The average molecular weight is 252 g/mol. The summed E-state index contributed by atoms with van der Waals surface area (Å²) in [7, 11) is 0. The number of rotatable bonds is 2.